The SMILES string of the molecule is CC1NCCC1C(=O)NC#N. The average Bonchev–Trinajstić information content (AvgIpc) is 2.36. The number of nitrogens with zero attached hydrogens (tertiary/aromatic N) is 1. The second-order valence-electron chi connectivity index (χ2n) is 2.74. The van der Waals surface area contributed by atoms with Crippen molar-refractivity contribution in [3.63, 3.8) is 0 Å². The lowest BCUT2D eigenvalue weighted by Crippen LogP contribution is -2.34. The van der Waals surface area contributed by atoms with Crippen molar-refractivity contribution < 1.29 is 4.79 Å². The van der Waals surface area contributed by atoms with Crippen molar-refractivity contribution in [1.29, 1.82) is 5.26 Å². The van der Waals surface area contributed by atoms with Gasteiger partial charge in [0.2, 0.25) is 5.91 Å². The number of hydrogen-bond donors (Lipinski definition) is 2. The highest BCUT2D eigenvalue weighted by Gasteiger charge is 2.28. The van der Waals surface area contributed by atoms with Gasteiger partial charge in [-0.25, -0.2) is 0 Å². The van der Waals surface area contributed by atoms with E-state index >= 15 is 0 Å². The number of amides is 1. The Labute approximate surface area is 65.6 Å². The molecule has 0 bridgehead atoms. The van der Waals surface area contributed by atoms with Crippen LogP contribution in [0.2, 0.25) is 0 Å². The lowest BCUT2D eigenvalue weighted by atomic mass is 10.0. The molecule has 11 heavy (non-hydrogen) atoms. The predicted molar refractivity (Wildman–Crippen MR) is 39.3 cm³/mol. The van der Waals surface area contributed by atoms with Crippen LogP contribution in [0.15, 0.2) is 0 Å². The van der Waals surface area contributed by atoms with E-state index in [1.165, 1.54) is 0 Å². The summed E-state index contributed by atoms with van der Waals surface area (Å²) in [6.45, 7) is 2.82. The third-order valence-electron chi connectivity index (χ3n) is 2.04. The highest BCUT2D eigenvalue weighted by atomic mass is 16.1. The van der Waals surface area contributed by atoms with Gasteiger partial charge in [-0.2, -0.15) is 5.26 Å². The summed E-state index contributed by atoms with van der Waals surface area (Å²) in [6.07, 6.45) is 2.47. The molecule has 0 aromatic carbocycles. The zero-order valence-electron chi connectivity index (χ0n) is 6.42. The first kappa shape index (κ1) is 8.02. The zero-order valence-corrected chi connectivity index (χ0v) is 6.42. The lowest BCUT2D eigenvalue weighted by Gasteiger charge is -2.10. The first-order chi connectivity index (χ1) is 5.25. The Morgan fingerprint density at radius 2 is 2.55 bits per heavy atom. The molecule has 1 saturated heterocycles. The van der Waals surface area contributed by atoms with Gasteiger partial charge in [0.25, 0.3) is 0 Å². The first-order valence-electron chi connectivity index (χ1n) is 3.68. The predicted octanol–water partition coefficient (Wildman–Crippen LogP) is -0.418. The molecular weight excluding hydrogens is 142 g/mol. The van der Waals surface area contributed by atoms with Gasteiger partial charge in [-0.3, -0.25) is 10.1 Å². The summed E-state index contributed by atoms with van der Waals surface area (Å²) in [5.41, 5.74) is 0. The maximum Gasteiger partial charge on any atom is 0.237 e. The van der Waals surface area contributed by atoms with Gasteiger partial charge in [-0.05, 0) is 19.9 Å². The molecule has 0 aromatic rings. The molecule has 0 saturated carbocycles. The first-order valence-corrected chi connectivity index (χ1v) is 3.68. The Hall–Kier alpha value is -1.08. The summed E-state index contributed by atoms with van der Waals surface area (Å²) >= 11 is 0. The average molecular weight is 153 g/mol. The largest absolute Gasteiger partial charge is 0.313 e. The lowest BCUT2D eigenvalue weighted by molar-refractivity contribution is -0.123. The van der Waals surface area contributed by atoms with Gasteiger partial charge in [0.05, 0.1) is 5.92 Å². The van der Waals surface area contributed by atoms with Gasteiger partial charge >= 0.3 is 0 Å². The van der Waals surface area contributed by atoms with Crippen molar-refractivity contribution in [2.45, 2.75) is 19.4 Å². The van der Waals surface area contributed by atoms with Crippen LogP contribution in [-0.2, 0) is 4.79 Å². The Balaban J connectivity index is 2.47. The van der Waals surface area contributed by atoms with Gasteiger partial charge in [-0.1, -0.05) is 0 Å². The molecule has 2 atom stereocenters. The van der Waals surface area contributed by atoms with Gasteiger partial charge in [0.15, 0.2) is 6.19 Å². The van der Waals surface area contributed by atoms with Crippen LogP contribution in [0.1, 0.15) is 13.3 Å². The molecule has 2 N–H and O–H groups in total. The fraction of sp³-hybridized carbons (Fsp3) is 0.714. The number of carbonyl (C=O) groups excluding carboxylic acids is 1. The van der Waals surface area contributed by atoms with Crippen molar-refractivity contribution in [1.82, 2.24) is 10.6 Å². The maximum absolute atomic E-state index is 11.1. The second kappa shape index (κ2) is 3.35. The molecule has 1 heterocycles. The quantitative estimate of drug-likeness (QED) is 0.397. The van der Waals surface area contributed by atoms with E-state index in [4.69, 9.17) is 5.26 Å². The van der Waals surface area contributed by atoms with Crippen LogP contribution in [0.25, 0.3) is 0 Å². The molecule has 0 aliphatic carbocycles. The molecule has 1 aliphatic heterocycles. The number of rotatable bonds is 1. The van der Waals surface area contributed by atoms with Crippen LogP contribution in [0, 0.1) is 17.4 Å². The standard InChI is InChI=1S/C7H11N3O/c1-5-6(2-3-9-5)7(11)10-4-8/h5-6,9H,2-3H2,1H3,(H,10,11). The van der Waals surface area contributed by atoms with Crippen molar-refractivity contribution in [3.05, 3.63) is 0 Å². The second-order valence-corrected chi connectivity index (χ2v) is 2.74. The highest BCUT2D eigenvalue weighted by molar-refractivity contribution is 5.80. The topological polar surface area (TPSA) is 64.9 Å². The smallest absolute Gasteiger partial charge is 0.237 e. The third-order valence-corrected chi connectivity index (χ3v) is 2.04. The summed E-state index contributed by atoms with van der Waals surface area (Å²) in [4.78, 5) is 11.1. The minimum atomic E-state index is -0.162. The normalized spacial score (nSPS) is 29.5. The van der Waals surface area contributed by atoms with Crippen LogP contribution in [0.4, 0.5) is 0 Å². The van der Waals surface area contributed by atoms with Crippen LogP contribution in [-0.4, -0.2) is 18.5 Å². The van der Waals surface area contributed by atoms with Crippen molar-refractivity contribution in [3.8, 4) is 6.19 Å². The van der Waals surface area contributed by atoms with E-state index in [1.807, 2.05) is 6.92 Å². The Kier molecular flexibility index (Phi) is 2.44. The van der Waals surface area contributed by atoms with Crippen molar-refractivity contribution in [2.24, 2.45) is 5.92 Å². The van der Waals surface area contributed by atoms with E-state index in [0.29, 0.717) is 0 Å². The van der Waals surface area contributed by atoms with Crippen LogP contribution >= 0.6 is 0 Å². The fourth-order valence-corrected chi connectivity index (χ4v) is 1.36. The summed E-state index contributed by atoms with van der Waals surface area (Å²) in [6, 6.07) is 0.198. The summed E-state index contributed by atoms with van der Waals surface area (Å²) in [7, 11) is 0. The van der Waals surface area contributed by atoms with Crippen LogP contribution < -0.4 is 10.6 Å². The minimum absolute atomic E-state index is 0.0327. The zero-order chi connectivity index (χ0) is 8.27. The van der Waals surface area contributed by atoms with Crippen molar-refractivity contribution >= 4 is 5.91 Å². The van der Waals surface area contributed by atoms with E-state index in [2.05, 4.69) is 10.6 Å². The van der Waals surface area contributed by atoms with Gasteiger partial charge in [-0.15, -0.1) is 0 Å². The molecule has 0 radical (unpaired) electrons. The molecule has 1 amide bonds. The molecule has 1 aliphatic rings. The van der Waals surface area contributed by atoms with Gasteiger partial charge in [0.1, 0.15) is 0 Å². The monoisotopic (exact) mass is 153 g/mol. The summed E-state index contributed by atoms with van der Waals surface area (Å²) in [5.74, 6) is -0.195. The van der Waals surface area contributed by atoms with Gasteiger partial charge in [0, 0.05) is 6.04 Å². The molecular formula is C7H11N3O. The number of hydrogen-bond acceptors (Lipinski definition) is 3. The number of carbonyl (C=O) groups is 1. The van der Waals surface area contributed by atoms with E-state index in [-0.39, 0.29) is 17.9 Å². The molecule has 1 fully saturated rings. The Morgan fingerprint density at radius 3 is 3.00 bits per heavy atom. The van der Waals surface area contributed by atoms with Crippen molar-refractivity contribution in [2.75, 3.05) is 6.54 Å². The van der Waals surface area contributed by atoms with Crippen LogP contribution in [0.5, 0.6) is 0 Å². The Morgan fingerprint density at radius 1 is 1.82 bits per heavy atom. The summed E-state index contributed by atoms with van der Waals surface area (Å²) < 4.78 is 0. The Bertz CT molecular complexity index is 196. The van der Waals surface area contributed by atoms with E-state index < -0.39 is 0 Å². The molecule has 2 unspecified atom stereocenters. The fourth-order valence-electron chi connectivity index (χ4n) is 1.36. The minimum Gasteiger partial charge on any atom is -0.313 e. The molecule has 0 aromatic heterocycles. The number of nitrogens with one attached hydrogen (secondary N) is 2. The third kappa shape index (κ3) is 1.69. The molecule has 1 rings (SSSR count). The van der Waals surface area contributed by atoms with E-state index in [0.717, 1.165) is 13.0 Å². The molecule has 0 spiro atoms. The highest BCUT2D eigenvalue weighted by Crippen LogP contribution is 2.14. The number of nitriles is 1. The molecule has 4 heteroatoms. The van der Waals surface area contributed by atoms with Gasteiger partial charge < -0.3 is 5.32 Å². The molecule has 60 valence electrons. The maximum atomic E-state index is 11.1. The van der Waals surface area contributed by atoms with Crippen LogP contribution in [0.3, 0.4) is 0 Å². The summed E-state index contributed by atoms with van der Waals surface area (Å²) in [5, 5.41) is 13.5. The molecule has 4 nitrogen and oxygen atoms in total. The van der Waals surface area contributed by atoms with E-state index in [1.54, 1.807) is 6.19 Å². The van der Waals surface area contributed by atoms with E-state index in [9.17, 15) is 4.79 Å².